The summed E-state index contributed by atoms with van der Waals surface area (Å²) in [4.78, 5) is 34.2. The number of hydroxylamine groups is 1. The fourth-order valence-corrected chi connectivity index (χ4v) is 4.41. The Balaban J connectivity index is 1.61. The van der Waals surface area contributed by atoms with Crippen molar-refractivity contribution >= 4 is 34.8 Å². The Labute approximate surface area is 184 Å². The fourth-order valence-electron chi connectivity index (χ4n) is 4.28. The lowest BCUT2D eigenvalue weighted by atomic mass is 9.90. The zero-order valence-corrected chi connectivity index (χ0v) is 17.4. The van der Waals surface area contributed by atoms with Gasteiger partial charge in [0.1, 0.15) is 11.7 Å². The Morgan fingerprint density at radius 1 is 0.839 bits per heavy atom. The van der Waals surface area contributed by atoms with E-state index in [4.69, 9.17) is 21.2 Å². The number of nitrogens with zero attached hydrogens (tertiary/aromatic N) is 2. The Bertz CT molecular complexity index is 1140. The van der Waals surface area contributed by atoms with Crippen molar-refractivity contribution in [2.45, 2.75) is 12.1 Å². The van der Waals surface area contributed by atoms with Gasteiger partial charge in [-0.2, -0.15) is 0 Å². The van der Waals surface area contributed by atoms with E-state index in [1.165, 1.54) is 4.90 Å². The van der Waals surface area contributed by atoms with Crippen LogP contribution >= 0.6 is 11.6 Å². The largest absolute Gasteiger partial charge is 0.496 e. The third-order valence-corrected chi connectivity index (χ3v) is 5.92. The van der Waals surface area contributed by atoms with Gasteiger partial charge in [-0.25, -0.2) is 9.96 Å². The molecular formula is C24H19ClN2O4. The molecule has 3 aromatic rings. The Morgan fingerprint density at radius 3 is 2.23 bits per heavy atom. The van der Waals surface area contributed by atoms with Gasteiger partial charge in [-0.1, -0.05) is 48.0 Å². The van der Waals surface area contributed by atoms with Crippen LogP contribution in [-0.4, -0.2) is 25.0 Å². The molecule has 0 aliphatic carbocycles. The summed E-state index contributed by atoms with van der Waals surface area (Å²) >= 11 is 5.98. The van der Waals surface area contributed by atoms with Crippen molar-refractivity contribution in [2.75, 3.05) is 17.1 Å². The number of anilines is 2. The van der Waals surface area contributed by atoms with Crippen molar-refractivity contribution in [3.63, 3.8) is 0 Å². The van der Waals surface area contributed by atoms with E-state index >= 15 is 0 Å². The van der Waals surface area contributed by atoms with Crippen LogP contribution in [0.5, 0.6) is 5.75 Å². The molecule has 31 heavy (non-hydrogen) atoms. The van der Waals surface area contributed by atoms with Crippen LogP contribution in [0.15, 0.2) is 78.9 Å². The molecule has 0 N–H and O–H groups in total. The highest BCUT2D eigenvalue weighted by molar-refractivity contribution is 6.31. The highest BCUT2D eigenvalue weighted by Crippen LogP contribution is 2.49. The lowest BCUT2D eigenvalue weighted by Crippen LogP contribution is -2.37. The standard InChI is InChI=1S/C24H19ClN2O4/c1-30-19-10-6-5-9-18(19)21-20-22(31-27(21)17-7-3-2-4-8-17)24(29)26(23(20)28)16-13-11-15(25)12-14-16/h2-14,20-22H,1H3/t20-,21-,22-/m0/s1. The minimum absolute atomic E-state index is 0.313. The number of carbonyl (C=O) groups excluding carboxylic acids is 2. The summed E-state index contributed by atoms with van der Waals surface area (Å²) < 4.78 is 5.57. The van der Waals surface area contributed by atoms with E-state index in [1.54, 1.807) is 36.4 Å². The summed E-state index contributed by atoms with van der Waals surface area (Å²) in [5, 5.41) is 2.18. The summed E-state index contributed by atoms with van der Waals surface area (Å²) in [6.07, 6.45) is -0.932. The Hall–Kier alpha value is -3.35. The average Bonchev–Trinajstić information content (AvgIpc) is 3.31. The van der Waals surface area contributed by atoms with E-state index < -0.39 is 24.0 Å². The van der Waals surface area contributed by atoms with Gasteiger partial charge in [-0.15, -0.1) is 0 Å². The van der Waals surface area contributed by atoms with E-state index in [1.807, 2.05) is 54.6 Å². The number of benzene rings is 3. The van der Waals surface area contributed by atoms with Gasteiger partial charge in [-0.3, -0.25) is 14.4 Å². The molecule has 2 amide bonds. The van der Waals surface area contributed by atoms with E-state index in [2.05, 4.69) is 0 Å². The highest BCUT2D eigenvalue weighted by atomic mass is 35.5. The average molecular weight is 435 g/mol. The fraction of sp³-hybridized carbons (Fsp3) is 0.167. The summed E-state index contributed by atoms with van der Waals surface area (Å²) in [5.41, 5.74) is 2.01. The molecule has 0 saturated carbocycles. The predicted octanol–water partition coefficient (Wildman–Crippen LogP) is 4.40. The topological polar surface area (TPSA) is 59.1 Å². The van der Waals surface area contributed by atoms with E-state index in [9.17, 15) is 9.59 Å². The van der Waals surface area contributed by atoms with Gasteiger partial charge in [0.05, 0.1) is 24.5 Å². The molecule has 2 aliphatic heterocycles. The van der Waals surface area contributed by atoms with Gasteiger partial charge >= 0.3 is 0 Å². The normalized spacial score (nSPS) is 22.7. The second-order valence-electron chi connectivity index (χ2n) is 7.39. The maximum atomic E-state index is 13.6. The van der Waals surface area contributed by atoms with Crippen LogP contribution in [0.2, 0.25) is 5.02 Å². The van der Waals surface area contributed by atoms with E-state index in [0.717, 1.165) is 11.3 Å². The highest BCUT2D eigenvalue weighted by Gasteiger charge is 2.60. The van der Waals surface area contributed by atoms with Crippen LogP contribution < -0.4 is 14.7 Å². The second-order valence-corrected chi connectivity index (χ2v) is 7.82. The Kier molecular flexibility index (Phi) is 4.88. The summed E-state index contributed by atoms with van der Waals surface area (Å²) in [6, 6.07) is 23.0. The number of hydrogen-bond acceptors (Lipinski definition) is 5. The van der Waals surface area contributed by atoms with Gasteiger partial charge in [-0.05, 0) is 42.5 Å². The SMILES string of the molecule is COc1ccccc1[C@H]1[C@@H]2C(=O)N(c3ccc(Cl)cc3)C(=O)[C@H]2ON1c1ccccc1. The first kappa shape index (κ1) is 19.6. The lowest BCUT2D eigenvalue weighted by molar-refractivity contribution is -0.126. The molecule has 5 rings (SSSR count). The van der Waals surface area contributed by atoms with Crippen LogP contribution in [0.1, 0.15) is 11.6 Å². The first-order valence-electron chi connectivity index (χ1n) is 9.87. The summed E-state index contributed by atoms with van der Waals surface area (Å²) in [6.45, 7) is 0. The third-order valence-electron chi connectivity index (χ3n) is 5.67. The van der Waals surface area contributed by atoms with Crippen LogP contribution in [0.3, 0.4) is 0 Å². The lowest BCUT2D eigenvalue weighted by Gasteiger charge is -2.29. The predicted molar refractivity (Wildman–Crippen MR) is 117 cm³/mol. The monoisotopic (exact) mass is 434 g/mol. The summed E-state index contributed by atoms with van der Waals surface area (Å²) in [5.74, 6) is -0.801. The van der Waals surface area contributed by atoms with Gasteiger partial charge in [0.25, 0.3) is 5.91 Å². The van der Waals surface area contributed by atoms with Crippen molar-refractivity contribution in [1.29, 1.82) is 0 Å². The van der Waals surface area contributed by atoms with Crippen molar-refractivity contribution < 1.29 is 19.2 Å². The number of carbonyl (C=O) groups is 2. The van der Waals surface area contributed by atoms with Gasteiger partial charge in [0.2, 0.25) is 5.91 Å². The van der Waals surface area contributed by atoms with Gasteiger partial charge in [0, 0.05) is 10.6 Å². The Morgan fingerprint density at radius 2 is 1.52 bits per heavy atom. The molecular weight excluding hydrogens is 416 g/mol. The zero-order valence-electron chi connectivity index (χ0n) is 16.6. The molecule has 6 nitrogen and oxygen atoms in total. The van der Waals surface area contributed by atoms with Crippen LogP contribution in [0.25, 0.3) is 0 Å². The number of fused-ring (bicyclic) bond motifs is 1. The van der Waals surface area contributed by atoms with Crippen molar-refractivity contribution in [3.05, 3.63) is 89.4 Å². The van der Waals surface area contributed by atoms with Crippen molar-refractivity contribution in [2.24, 2.45) is 5.92 Å². The minimum Gasteiger partial charge on any atom is -0.496 e. The molecule has 0 bridgehead atoms. The molecule has 0 aromatic heterocycles. The first-order chi connectivity index (χ1) is 15.1. The van der Waals surface area contributed by atoms with Crippen LogP contribution in [0.4, 0.5) is 11.4 Å². The maximum absolute atomic E-state index is 13.6. The van der Waals surface area contributed by atoms with Gasteiger partial charge < -0.3 is 4.74 Å². The zero-order chi connectivity index (χ0) is 21.5. The number of hydrogen-bond donors (Lipinski definition) is 0. The maximum Gasteiger partial charge on any atom is 0.266 e. The number of amides is 2. The third kappa shape index (κ3) is 3.15. The minimum atomic E-state index is -0.932. The van der Waals surface area contributed by atoms with Crippen LogP contribution in [0, 0.1) is 5.92 Å². The molecule has 2 heterocycles. The number of ether oxygens (including phenoxy) is 1. The molecule has 3 atom stereocenters. The number of halogens is 1. The van der Waals surface area contributed by atoms with E-state index in [0.29, 0.717) is 16.5 Å². The molecule has 0 spiro atoms. The van der Waals surface area contributed by atoms with Crippen molar-refractivity contribution in [1.82, 2.24) is 0 Å². The molecule has 0 radical (unpaired) electrons. The quantitative estimate of drug-likeness (QED) is 0.570. The molecule has 7 heteroatoms. The molecule has 0 unspecified atom stereocenters. The van der Waals surface area contributed by atoms with Crippen molar-refractivity contribution in [3.8, 4) is 5.75 Å². The molecule has 2 aliphatic rings. The molecule has 2 fully saturated rings. The second kappa shape index (κ2) is 7.72. The summed E-state index contributed by atoms with van der Waals surface area (Å²) in [7, 11) is 1.58. The van der Waals surface area contributed by atoms with E-state index in [-0.39, 0.29) is 5.91 Å². The molecule has 156 valence electrons. The first-order valence-corrected chi connectivity index (χ1v) is 10.3. The number of rotatable bonds is 4. The van der Waals surface area contributed by atoms with Crippen LogP contribution in [-0.2, 0) is 14.4 Å². The van der Waals surface area contributed by atoms with Gasteiger partial charge in [0.15, 0.2) is 6.10 Å². The molecule has 3 aromatic carbocycles. The number of para-hydroxylation sites is 2. The molecule has 2 saturated heterocycles. The number of methoxy groups -OCH3 is 1. The number of imide groups is 1. The smallest absolute Gasteiger partial charge is 0.266 e.